The molecule has 0 saturated heterocycles. The molecule has 2 aromatic carbocycles. The molecule has 0 aliphatic carbocycles. The lowest BCUT2D eigenvalue weighted by atomic mass is 9.97. The number of nitrogens with zero attached hydrogens (tertiary/aromatic N) is 1. The van der Waals surface area contributed by atoms with Crippen LogP contribution in [0.15, 0.2) is 54.6 Å². The second-order valence-corrected chi connectivity index (χ2v) is 6.24. The summed E-state index contributed by atoms with van der Waals surface area (Å²) in [6.07, 6.45) is 2.59. The van der Waals surface area contributed by atoms with E-state index < -0.39 is 0 Å². The van der Waals surface area contributed by atoms with E-state index in [1.165, 1.54) is 5.56 Å². The summed E-state index contributed by atoms with van der Waals surface area (Å²) >= 11 is 5.38. The van der Waals surface area contributed by atoms with Crippen molar-refractivity contribution in [2.45, 2.75) is 26.2 Å². The molecule has 2 N–H and O–H groups in total. The van der Waals surface area contributed by atoms with Crippen LogP contribution in [-0.4, -0.2) is 11.7 Å². The monoisotopic (exact) mass is 337 g/mol. The van der Waals surface area contributed by atoms with Gasteiger partial charge in [0.05, 0.1) is 12.5 Å². The van der Waals surface area contributed by atoms with E-state index in [0.29, 0.717) is 17.5 Å². The highest BCUT2D eigenvalue weighted by molar-refractivity contribution is 7.80. The second-order valence-electron chi connectivity index (χ2n) is 5.83. The van der Waals surface area contributed by atoms with Gasteiger partial charge in [0.1, 0.15) is 0 Å². The Morgan fingerprint density at radius 3 is 2.42 bits per heavy atom. The fourth-order valence-electron chi connectivity index (χ4n) is 2.52. The Balaban J connectivity index is 1.80. The molecule has 124 valence electrons. The van der Waals surface area contributed by atoms with Crippen LogP contribution in [0.5, 0.6) is 0 Å². The molecule has 4 heteroatoms. The molecular weight excluding hydrogens is 314 g/mol. The highest BCUT2D eigenvalue weighted by Gasteiger charge is 2.08. The van der Waals surface area contributed by atoms with Gasteiger partial charge in [0, 0.05) is 12.2 Å². The number of hydrogen-bond acceptors (Lipinski definition) is 2. The van der Waals surface area contributed by atoms with Crippen molar-refractivity contribution < 1.29 is 0 Å². The molecule has 0 fully saturated rings. The van der Waals surface area contributed by atoms with E-state index in [1.54, 1.807) is 0 Å². The first-order chi connectivity index (χ1) is 11.7. The summed E-state index contributed by atoms with van der Waals surface area (Å²) in [6, 6.07) is 20.5. The number of nitrogens with one attached hydrogen (secondary N) is 2. The van der Waals surface area contributed by atoms with E-state index in [2.05, 4.69) is 47.9 Å². The minimum atomic E-state index is 0.431. The second kappa shape index (κ2) is 9.69. The van der Waals surface area contributed by atoms with E-state index in [0.717, 1.165) is 30.6 Å². The molecule has 0 heterocycles. The van der Waals surface area contributed by atoms with Crippen LogP contribution in [0.2, 0.25) is 0 Å². The molecule has 0 bridgehead atoms. The SMILES string of the molecule is CCC(CNC(=S)Nc1ccc(CC#N)cc1)Cc1ccccc1. The van der Waals surface area contributed by atoms with Gasteiger partial charge in [0.25, 0.3) is 0 Å². The maximum absolute atomic E-state index is 8.69. The van der Waals surface area contributed by atoms with Crippen molar-refractivity contribution in [3.63, 3.8) is 0 Å². The molecule has 0 aliphatic rings. The zero-order chi connectivity index (χ0) is 17.2. The number of benzene rings is 2. The first kappa shape index (κ1) is 18.0. The largest absolute Gasteiger partial charge is 0.362 e. The first-order valence-electron chi connectivity index (χ1n) is 8.26. The van der Waals surface area contributed by atoms with Gasteiger partial charge in [-0.05, 0) is 47.8 Å². The summed E-state index contributed by atoms with van der Waals surface area (Å²) in [5.74, 6) is 0.546. The maximum atomic E-state index is 8.69. The Morgan fingerprint density at radius 1 is 1.08 bits per heavy atom. The van der Waals surface area contributed by atoms with Crippen molar-refractivity contribution in [1.29, 1.82) is 5.26 Å². The molecule has 2 rings (SSSR count). The van der Waals surface area contributed by atoms with Gasteiger partial charge in [0.15, 0.2) is 5.11 Å². The molecule has 0 aromatic heterocycles. The summed E-state index contributed by atoms with van der Waals surface area (Å²) in [4.78, 5) is 0. The Bertz CT molecular complexity index is 674. The quantitative estimate of drug-likeness (QED) is 0.739. The number of nitriles is 1. The summed E-state index contributed by atoms with van der Waals surface area (Å²) in [7, 11) is 0. The summed E-state index contributed by atoms with van der Waals surface area (Å²) in [5, 5.41) is 15.8. The lowest BCUT2D eigenvalue weighted by Gasteiger charge is -2.18. The molecule has 2 aromatic rings. The van der Waals surface area contributed by atoms with Gasteiger partial charge < -0.3 is 10.6 Å². The van der Waals surface area contributed by atoms with Crippen LogP contribution >= 0.6 is 12.2 Å². The van der Waals surface area contributed by atoms with Crippen LogP contribution in [0.25, 0.3) is 0 Å². The van der Waals surface area contributed by atoms with Crippen LogP contribution in [0.3, 0.4) is 0 Å². The van der Waals surface area contributed by atoms with E-state index in [-0.39, 0.29) is 0 Å². The Hall–Kier alpha value is -2.38. The lowest BCUT2D eigenvalue weighted by molar-refractivity contribution is 0.498. The van der Waals surface area contributed by atoms with Crippen molar-refractivity contribution in [1.82, 2.24) is 5.32 Å². The molecule has 3 nitrogen and oxygen atoms in total. The normalized spacial score (nSPS) is 11.3. The third kappa shape index (κ3) is 6.02. The van der Waals surface area contributed by atoms with E-state index in [4.69, 9.17) is 17.5 Å². The van der Waals surface area contributed by atoms with E-state index >= 15 is 0 Å². The van der Waals surface area contributed by atoms with Gasteiger partial charge in [0.2, 0.25) is 0 Å². The summed E-state index contributed by atoms with van der Waals surface area (Å²) in [6.45, 7) is 3.06. The van der Waals surface area contributed by atoms with Crippen molar-refractivity contribution in [3.05, 3.63) is 65.7 Å². The predicted molar refractivity (Wildman–Crippen MR) is 104 cm³/mol. The summed E-state index contributed by atoms with van der Waals surface area (Å²) < 4.78 is 0. The zero-order valence-corrected chi connectivity index (χ0v) is 14.8. The average molecular weight is 337 g/mol. The van der Waals surface area contributed by atoms with Gasteiger partial charge in [-0.15, -0.1) is 0 Å². The van der Waals surface area contributed by atoms with Crippen molar-refractivity contribution >= 4 is 23.0 Å². The third-order valence-corrected chi connectivity index (χ3v) is 4.24. The number of hydrogen-bond donors (Lipinski definition) is 2. The van der Waals surface area contributed by atoms with Crippen molar-refractivity contribution in [3.8, 4) is 6.07 Å². The van der Waals surface area contributed by atoms with Gasteiger partial charge in [-0.2, -0.15) is 5.26 Å². The fraction of sp³-hybridized carbons (Fsp3) is 0.300. The molecule has 0 aliphatic heterocycles. The fourth-order valence-corrected chi connectivity index (χ4v) is 2.72. The van der Waals surface area contributed by atoms with Gasteiger partial charge in [-0.25, -0.2) is 0 Å². The number of anilines is 1. The van der Waals surface area contributed by atoms with Crippen LogP contribution in [-0.2, 0) is 12.8 Å². The average Bonchev–Trinajstić information content (AvgIpc) is 2.61. The van der Waals surface area contributed by atoms with Gasteiger partial charge >= 0.3 is 0 Å². The van der Waals surface area contributed by atoms with Gasteiger partial charge in [-0.3, -0.25) is 0 Å². The van der Waals surface area contributed by atoms with Crippen LogP contribution in [0, 0.1) is 17.2 Å². The lowest BCUT2D eigenvalue weighted by Crippen LogP contribution is -2.33. The van der Waals surface area contributed by atoms with E-state index in [1.807, 2.05) is 30.3 Å². The molecule has 0 spiro atoms. The molecule has 0 saturated carbocycles. The first-order valence-corrected chi connectivity index (χ1v) is 8.66. The smallest absolute Gasteiger partial charge is 0.170 e. The van der Waals surface area contributed by atoms with Crippen LogP contribution < -0.4 is 10.6 Å². The standard InChI is InChI=1S/C20H23N3S/c1-2-16(14-18-6-4-3-5-7-18)15-22-20(24)23-19-10-8-17(9-11-19)12-13-21/h3-11,16H,2,12,14-15H2,1H3,(H2,22,23,24). The van der Waals surface area contributed by atoms with Gasteiger partial charge in [-0.1, -0.05) is 55.8 Å². The maximum Gasteiger partial charge on any atom is 0.170 e. The molecular formula is C20H23N3S. The number of rotatable bonds is 7. The van der Waals surface area contributed by atoms with Crippen molar-refractivity contribution in [2.24, 2.45) is 5.92 Å². The highest BCUT2D eigenvalue weighted by atomic mass is 32.1. The Labute approximate surface area is 149 Å². The minimum absolute atomic E-state index is 0.431. The molecule has 1 unspecified atom stereocenters. The number of thiocarbonyl (C=S) groups is 1. The zero-order valence-electron chi connectivity index (χ0n) is 14.0. The molecule has 24 heavy (non-hydrogen) atoms. The Kier molecular flexibility index (Phi) is 7.25. The highest BCUT2D eigenvalue weighted by Crippen LogP contribution is 2.12. The topological polar surface area (TPSA) is 47.8 Å². The molecule has 0 radical (unpaired) electrons. The van der Waals surface area contributed by atoms with E-state index in [9.17, 15) is 0 Å². The van der Waals surface area contributed by atoms with Crippen LogP contribution in [0.4, 0.5) is 5.69 Å². The third-order valence-electron chi connectivity index (χ3n) is 3.99. The molecule has 1 atom stereocenters. The predicted octanol–water partition coefficient (Wildman–Crippen LogP) is 4.31. The minimum Gasteiger partial charge on any atom is -0.362 e. The Morgan fingerprint density at radius 2 is 1.79 bits per heavy atom. The van der Waals surface area contributed by atoms with Crippen LogP contribution in [0.1, 0.15) is 24.5 Å². The molecule has 0 amide bonds. The summed E-state index contributed by atoms with van der Waals surface area (Å²) in [5.41, 5.74) is 3.30. The van der Waals surface area contributed by atoms with Crippen molar-refractivity contribution in [2.75, 3.05) is 11.9 Å².